The molecule has 0 bridgehead atoms. The summed E-state index contributed by atoms with van der Waals surface area (Å²) in [4.78, 5) is 0. The number of hydrogen-bond donors (Lipinski definition) is 0. The summed E-state index contributed by atoms with van der Waals surface area (Å²) in [7, 11) is 0. The Kier molecular flexibility index (Phi) is 97.1. The van der Waals surface area contributed by atoms with Gasteiger partial charge in [-0.1, -0.05) is 235 Å². The average molecular weight is 593 g/mol. The molecular formula is C42H88. The number of hydrogen-bond acceptors (Lipinski definition) is 0. The summed E-state index contributed by atoms with van der Waals surface area (Å²) in [5.41, 5.74) is 0. The van der Waals surface area contributed by atoms with E-state index in [4.69, 9.17) is 0 Å². The highest BCUT2D eigenvalue weighted by molar-refractivity contribution is 4.99. The smallest absolute Gasteiger partial charge is 0.0322 e. The van der Waals surface area contributed by atoms with E-state index in [9.17, 15) is 0 Å². The van der Waals surface area contributed by atoms with E-state index in [2.05, 4.69) is 26.0 Å². The molecule has 3 aliphatic carbocycles. The van der Waals surface area contributed by atoms with Crippen molar-refractivity contribution in [3.63, 3.8) is 0 Å². The standard InChI is InChI=1S/C8H14.2C6H12.C6H6.C4H8.6C2H6/c1-7-5-3-4-6-8(7)2;3*1-2-4-6-5-3-1;1-3-4-2;6*1-2/h3-4,7-8H,5-6H2,1-2H3;2*1-6H2;1-6H;3-4H,1-2H3;6*1-2H3. The van der Waals surface area contributed by atoms with Gasteiger partial charge in [0.2, 0.25) is 0 Å². The second-order valence-electron chi connectivity index (χ2n) is 8.96. The zero-order valence-electron chi connectivity index (χ0n) is 32.8. The topological polar surface area (TPSA) is 0 Å². The fourth-order valence-electron chi connectivity index (χ4n) is 3.59. The van der Waals surface area contributed by atoms with Crippen molar-refractivity contribution in [2.75, 3.05) is 0 Å². The molecule has 0 heterocycles. The third kappa shape index (κ3) is 66.8. The number of allylic oxidation sites excluding steroid dienone is 4. The Balaban J connectivity index is -0.0000000675. The summed E-state index contributed by atoms with van der Waals surface area (Å²) in [6.07, 6.45) is 29.2. The molecule has 42 heavy (non-hydrogen) atoms. The lowest BCUT2D eigenvalue weighted by Crippen LogP contribution is -2.08. The Labute approximate surface area is 272 Å². The number of benzene rings is 1. The van der Waals surface area contributed by atoms with Crippen LogP contribution in [-0.4, -0.2) is 0 Å². The molecule has 2 fully saturated rings. The molecular weight excluding hydrogens is 504 g/mol. The van der Waals surface area contributed by atoms with Crippen molar-refractivity contribution in [1.82, 2.24) is 0 Å². The van der Waals surface area contributed by atoms with Crippen molar-refractivity contribution >= 4 is 0 Å². The first-order chi connectivity index (χ1) is 20.7. The molecule has 3 aliphatic rings. The lowest BCUT2D eigenvalue weighted by atomic mass is 9.86. The van der Waals surface area contributed by atoms with Crippen molar-refractivity contribution in [3.05, 3.63) is 60.7 Å². The van der Waals surface area contributed by atoms with Crippen LogP contribution in [0.1, 0.15) is 201 Å². The predicted molar refractivity (Wildman–Crippen MR) is 207 cm³/mol. The van der Waals surface area contributed by atoms with Crippen LogP contribution in [0.5, 0.6) is 0 Å². The van der Waals surface area contributed by atoms with Gasteiger partial charge in [0.25, 0.3) is 0 Å². The third-order valence-corrected chi connectivity index (χ3v) is 6.15. The van der Waals surface area contributed by atoms with E-state index in [1.165, 1.54) is 89.9 Å². The highest BCUT2D eigenvalue weighted by Gasteiger charge is 2.11. The molecule has 0 radical (unpaired) electrons. The summed E-state index contributed by atoms with van der Waals surface area (Å²) in [6, 6.07) is 12.0. The van der Waals surface area contributed by atoms with Gasteiger partial charge in [0, 0.05) is 0 Å². The van der Waals surface area contributed by atoms with Gasteiger partial charge in [0.05, 0.1) is 0 Å². The van der Waals surface area contributed by atoms with Crippen molar-refractivity contribution in [1.29, 1.82) is 0 Å². The molecule has 0 aromatic heterocycles. The van der Waals surface area contributed by atoms with E-state index >= 15 is 0 Å². The van der Waals surface area contributed by atoms with Crippen molar-refractivity contribution in [2.45, 2.75) is 201 Å². The van der Waals surface area contributed by atoms with Gasteiger partial charge < -0.3 is 0 Å². The first-order valence-corrected chi connectivity index (χ1v) is 18.9. The summed E-state index contributed by atoms with van der Waals surface area (Å²) in [5.74, 6) is 1.83. The van der Waals surface area contributed by atoms with Gasteiger partial charge in [-0.25, -0.2) is 0 Å². The molecule has 0 heteroatoms. The average Bonchev–Trinajstić information content (AvgIpc) is 3.14. The SMILES string of the molecule is C1CCCCC1.C1CCCCC1.CC.CC.CC.CC.CC.CC.CC1CC=CCC1C.CC=CC.c1ccccc1. The highest BCUT2D eigenvalue weighted by Crippen LogP contribution is 2.23. The summed E-state index contributed by atoms with van der Waals surface area (Å²) >= 11 is 0. The first kappa shape index (κ1) is 56.5. The van der Waals surface area contributed by atoms with E-state index in [0.29, 0.717) is 0 Å². The van der Waals surface area contributed by atoms with E-state index < -0.39 is 0 Å². The van der Waals surface area contributed by atoms with Gasteiger partial charge in [-0.2, -0.15) is 0 Å². The van der Waals surface area contributed by atoms with E-state index in [1.807, 2.05) is 145 Å². The van der Waals surface area contributed by atoms with Gasteiger partial charge >= 0.3 is 0 Å². The second-order valence-corrected chi connectivity index (χ2v) is 8.96. The van der Waals surface area contributed by atoms with Crippen LogP contribution < -0.4 is 0 Å². The Bertz CT molecular complexity index is 384. The molecule has 0 aliphatic heterocycles. The van der Waals surface area contributed by atoms with Crippen molar-refractivity contribution in [2.24, 2.45) is 11.8 Å². The van der Waals surface area contributed by atoms with Gasteiger partial charge in [-0.15, -0.1) is 0 Å². The highest BCUT2D eigenvalue weighted by atomic mass is 14.2. The van der Waals surface area contributed by atoms with Gasteiger partial charge in [-0.3, -0.25) is 0 Å². The maximum Gasteiger partial charge on any atom is -0.0322 e. The van der Waals surface area contributed by atoms with E-state index in [-0.39, 0.29) is 0 Å². The molecule has 1 aromatic rings. The van der Waals surface area contributed by atoms with Gasteiger partial charge in [0.1, 0.15) is 0 Å². The van der Waals surface area contributed by atoms with Gasteiger partial charge in [-0.05, 0) is 38.5 Å². The minimum atomic E-state index is 0.917. The summed E-state index contributed by atoms with van der Waals surface area (Å²) in [5, 5.41) is 0. The van der Waals surface area contributed by atoms with Crippen LogP contribution >= 0.6 is 0 Å². The second kappa shape index (κ2) is 72.2. The van der Waals surface area contributed by atoms with E-state index in [1.54, 1.807) is 0 Å². The summed E-state index contributed by atoms with van der Waals surface area (Å²) < 4.78 is 0. The Morgan fingerprint density at radius 3 is 0.571 bits per heavy atom. The molecule has 0 N–H and O–H groups in total. The fourth-order valence-corrected chi connectivity index (χ4v) is 3.59. The number of rotatable bonds is 0. The molecule has 2 unspecified atom stereocenters. The molecule has 2 atom stereocenters. The van der Waals surface area contributed by atoms with Crippen LogP contribution in [-0.2, 0) is 0 Å². The van der Waals surface area contributed by atoms with Crippen LogP contribution in [0.2, 0.25) is 0 Å². The van der Waals surface area contributed by atoms with Crippen LogP contribution in [0.3, 0.4) is 0 Å². The molecule has 0 nitrogen and oxygen atoms in total. The van der Waals surface area contributed by atoms with Crippen LogP contribution in [0.25, 0.3) is 0 Å². The molecule has 4 rings (SSSR count). The normalized spacial score (nSPS) is 17.0. The van der Waals surface area contributed by atoms with Crippen LogP contribution in [0, 0.1) is 11.8 Å². The zero-order valence-corrected chi connectivity index (χ0v) is 32.8. The monoisotopic (exact) mass is 593 g/mol. The van der Waals surface area contributed by atoms with Crippen LogP contribution in [0.4, 0.5) is 0 Å². The molecule has 0 saturated heterocycles. The lowest BCUT2D eigenvalue weighted by Gasteiger charge is -2.19. The molecule has 2 saturated carbocycles. The molecule has 1 aromatic carbocycles. The van der Waals surface area contributed by atoms with Gasteiger partial charge in [0.15, 0.2) is 0 Å². The Hall–Kier alpha value is -1.30. The minimum Gasteiger partial charge on any atom is -0.0919 e. The Morgan fingerprint density at radius 2 is 0.476 bits per heavy atom. The largest absolute Gasteiger partial charge is 0.0919 e. The zero-order chi connectivity index (χ0) is 34.1. The van der Waals surface area contributed by atoms with Crippen molar-refractivity contribution < 1.29 is 0 Å². The molecule has 0 spiro atoms. The predicted octanol–water partition coefficient (Wildman–Crippen LogP) is 16.7. The third-order valence-electron chi connectivity index (χ3n) is 6.15. The molecule has 0 amide bonds. The summed E-state index contributed by atoms with van der Waals surface area (Å²) in [6.45, 7) is 32.7. The maximum absolute atomic E-state index is 2.33. The Morgan fingerprint density at radius 1 is 0.333 bits per heavy atom. The first-order valence-electron chi connectivity index (χ1n) is 18.9. The lowest BCUT2D eigenvalue weighted by molar-refractivity contribution is 0.380. The quantitative estimate of drug-likeness (QED) is 0.263. The minimum absolute atomic E-state index is 0.917. The van der Waals surface area contributed by atoms with Crippen molar-refractivity contribution in [3.8, 4) is 0 Å². The molecule has 256 valence electrons. The van der Waals surface area contributed by atoms with E-state index in [0.717, 1.165) is 11.8 Å². The van der Waals surface area contributed by atoms with Crippen LogP contribution in [0.15, 0.2) is 60.7 Å². The maximum atomic E-state index is 2.33. The fraction of sp³-hybridized carbons (Fsp3) is 0.762.